The largest absolute Gasteiger partial charge is 0.449 e. The Morgan fingerprint density at radius 2 is 1.91 bits per heavy atom. The summed E-state index contributed by atoms with van der Waals surface area (Å²) >= 11 is 1.62. The van der Waals surface area contributed by atoms with Gasteiger partial charge in [-0.25, -0.2) is 24.4 Å². The number of pyridine rings is 1. The summed E-state index contributed by atoms with van der Waals surface area (Å²) in [4.78, 5) is 37.7. The van der Waals surface area contributed by atoms with E-state index in [9.17, 15) is 9.59 Å². The van der Waals surface area contributed by atoms with Crippen molar-refractivity contribution in [3.8, 4) is 16.4 Å². The maximum absolute atomic E-state index is 12.6. The predicted molar refractivity (Wildman–Crippen MR) is 132 cm³/mol. The zero-order valence-corrected chi connectivity index (χ0v) is 19.7. The zero-order valence-electron chi connectivity index (χ0n) is 18.9. The third kappa shape index (κ3) is 4.92. The van der Waals surface area contributed by atoms with Crippen molar-refractivity contribution in [2.75, 3.05) is 5.32 Å². The van der Waals surface area contributed by atoms with Gasteiger partial charge in [-0.05, 0) is 67.9 Å². The van der Waals surface area contributed by atoms with Crippen LogP contribution in [0.1, 0.15) is 22.8 Å². The van der Waals surface area contributed by atoms with E-state index in [0.29, 0.717) is 11.5 Å². The van der Waals surface area contributed by atoms with Gasteiger partial charge in [-0.3, -0.25) is 4.79 Å². The number of nitrogens with zero attached hydrogens (tertiary/aromatic N) is 5. The number of esters is 1. The number of carbonyl (C=O) groups is 2. The molecule has 0 saturated carbocycles. The molecule has 0 saturated heterocycles. The van der Waals surface area contributed by atoms with E-state index in [2.05, 4.69) is 38.4 Å². The monoisotopic (exact) mass is 484 g/mol. The smallest absolute Gasteiger partial charge is 0.340 e. The zero-order chi connectivity index (χ0) is 24.4. The van der Waals surface area contributed by atoms with Crippen LogP contribution in [-0.4, -0.2) is 42.7 Å². The topological polar surface area (TPSA) is 112 Å². The average molecular weight is 485 g/mol. The Labute approximate surface area is 204 Å². The van der Waals surface area contributed by atoms with Gasteiger partial charge in [-0.2, -0.15) is 5.10 Å². The lowest BCUT2D eigenvalue weighted by molar-refractivity contribution is -0.123. The third-order valence-electron chi connectivity index (χ3n) is 5.23. The SMILES string of the molecule is Cc1ccc2nc(-c3ccc(NC(=O)[C@@H](C)OC(=O)c4ccc(-n5cncn5)nc4)cc3)sc2c1. The number of hydrogen-bond donors (Lipinski definition) is 1. The van der Waals surface area contributed by atoms with E-state index in [1.807, 2.05) is 24.3 Å². The number of ether oxygens (including phenoxy) is 1. The van der Waals surface area contributed by atoms with E-state index < -0.39 is 18.0 Å². The normalized spacial score (nSPS) is 11.8. The van der Waals surface area contributed by atoms with Gasteiger partial charge < -0.3 is 10.1 Å². The summed E-state index contributed by atoms with van der Waals surface area (Å²) in [6, 6.07) is 16.8. The van der Waals surface area contributed by atoms with Crippen molar-refractivity contribution >= 4 is 39.1 Å². The molecule has 10 heteroatoms. The molecule has 5 aromatic rings. The molecule has 0 bridgehead atoms. The number of amides is 1. The van der Waals surface area contributed by atoms with Crippen LogP contribution in [0.25, 0.3) is 26.6 Å². The molecule has 3 heterocycles. The van der Waals surface area contributed by atoms with Crippen LogP contribution in [0.2, 0.25) is 0 Å². The maximum Gasteiger partial charge on any atom is 0.340 e. The quantitative estimate of drug-likeness (QED) is 0.355. The number of rotatable bonds is 6. The number of benzene rings is 2. The summed E-state index contributed by atoms with van der Waals surface area (Å²) in [5, 5.41) is 7.66. The van der Waals surface area contributed by atoms with Crippen LogP contribution < -0.4 is 5.32 Å². The second-order valence-corrected chi connectivity index (χ2v) is 8.88. The molecule has 0 aliphatic heterocycles. The van der Waals surface area contributed by atoms with E-state index in [1.54, 1.807) is 35.6 Å². The molecule has 2 aromatic carbocycles. The first-order valence-electron chi connectivity index (χ1n) is 10.8. The summed E-state index contributed by atoms with van der Waals surface area (Å²) in [6.07, 6.45) is 3.26. The van der Waals surface area contributed by atoms with Gasteiger partial charge in [0.05, 0.1) is 15.8 Å². The van der Waals surface area contributed by atoms with Crippen molar-refractivity contribution in [2.24, 2.45) is 0 Å². The van der Waals surface area contributed by atoms with Gasteiger partial charge >= 0.3 is 5.97 Å². The van der Waals surface area contributed by atoms with E-state index in [4.69, 9.17) is 4.74 Å². The summed E-state index contributed by atoms with van der Waals surface area (Å²) < 4.78 is 7.91. The number of thiazole rings is 1. The van der Waals surface area contributed by atoms with Crippen molar-refractivity contribution in [3.05, 3.63) is 84.6 Å². The lowest BCUT2D eigenvalue weighted by atomic mass is 10.2. The molecule has 0 fully saturated rings. The first-order chi connectivity index (χ1) is 17.0. The van der Waals surface area contributed by atoms with Crippen LogP contribution in [0.5, 0.6) is 0 Å². The van der Waals surface area contributed by atoms with Crippen molar-refractivity contribution < 1.29 is 14.3 Å². The van der Waals surface area contributed by atoms with Crippen molar-refractivity contribution in [1.82, 2.24) is 24.7 Å². The second kappa shape index (κ2) is 9.43. The molecule has 3 aromatic heterocycles. The molecular formula is C25H20N6O3S. The molecule has 0 unspecified atom stereocenters. The van der Waals surface area contributed by atoms with E-state index in [1.165, 1.54) is 36.0 Å². The molecular weight excluding hydrogens is 464 g/mol. The minimum absolute atomic E-state index is 0.226. The minimum Gasteiger partial charge on any atom is -0.449 e. The summed E-state index contributed by atoms with van der Waals surface area (Å²) in [5.41, 5.74) is 3.94. The number of nitrogens with one attached hydrogen (secondary N) is 1. The first kappa shape index (κ1) is 22.4. The Balaban J connectivity index is 1.20. The van der Waals surface area contributed by atoms with Gasteiger partial charge in [-0.15, -0.1) is 11.3 Å². The van der Waals surface area contributed by atoms with Crippen molar-refractivity contribution in [3.63, 3.8) is 0 Å². The molecule has 35 heavy (non-hydrogen) atoms. The van der Waals surface area contributed by atoms with Gasteiger partial charge in [0.15, 0.2) is 11.9 Å². The predicted octanol–water partition coefficient (Wildman–Crippen LogP) is 4.43. The second-order valence-electron chi connectivity index (χ2n) is 7.85. The van der Waals surface area contributed by atoms with E-state index in [0.717, 1.165) is 20.8 Å². The fourth-order valence-corrected chi connectivity index (χ4v) is 4.42. The van der Waals surface area contributed by atoms with Crippen molar-refractivity contribution in [2.45, 2.75) is 20.0 Å². The van der Waals surface area contributed by atoms with Crippen LogP contribution in [0.3, 0.4) is 0 Å². The van der Waals surface area contributed by atoms with Gasteiger partial charge in [0.1, 0.15) is 17.7 Å². The third-order valence-corrected chi connectivity index (χ3v) is 6.30. The highest BCUT2D eigenvalue weighted by molar-refractivity contribution is 7.21. The van der Waals surface area contributed by atoms with Crippen LogP contribution in [-0.2, 0) is 9.53 Å². The molecule has 0 aliphatic rings. The Morgan fingerprint density at radius 1 is 1.09 bits per heavy atom. The number of carbonyl (C=O) groups excluding carboxylic acids is 2. The molecule has 9 nitrogen and oxygen atoms in total. The van der Waals surface area contributed by atoms with Crippen LogP contribution in [0.15, 0.2) is 73.4 Å². The first-order valence-corrected chi connectivity index (χ1v) is 11.6. The fraction of sp³-hybridized carbons (Fsp3) is 0.120. The Hall–Kier alpha value is -4.44. The fourth-order valence-electron chi connectivity index (χ4n) is 3.35. The lowest BCUT2D eigenvalue weighted by Gasteiger charge is -2.14. The van der Waals surface area contributed by atoms with Crippen LogP contribution >= 0.6 is 11.3 Å². The number of fused-ring (bicyclic) bond motifs is 1. The molecule has 5 rings (SSSR count). The van der Waals surface area contributed by atoms with Crippen molar-refractivity contribution in [1.29, 1.82) is 0 Å². The van der Waals surface area contributed by atoms with Crippen LogP contribution in [0, 0.1) is 6.92 Å². The van der Waals surface area contributed by atoms with Gasteiger partial charge in [0, 0.05) is 17.4 Å². The van der Waals surface area contributed by atoms with E-state index in [-0.39, 0.29) is 5.56 Å². The minimum atomic E-state index is -0.996. The maximum atomic E-state index is 12.6. The molecule has 1 amide bonds. The molecule has 1 N–H and O–H groups in total. The lowest BCUT2D eigenvalue weighted by Crippen LogP contribution is -2.30. The molecule has 1 atom stereocenters. The number of anilines is 1. The van der Waals surface area contributed by atoms with Crippen LogP contribution in [0.4, 0.5) is 5.69 Å². The van der Waals surface area contributed by atoms with Gasteiger partial charge in [-0.1, -0.05) is 6.07 Å². The standard InChI is InChI=1S/C25H20N6O3S/c1-15-3-9-20-21(11-15)35-24(30-20)17-4-7-19(8-5-17)29-23(32)16(2)34-25(33)18-6-10-22(27-12-18)31-14-26-13-28-31/h3-14,16H,1-2H3,(H,29,32)/t16-/m1/s1. The van der Waals surface area contributed by atoms with Gasteiger partial charge in [0.2, 0.25) is 0 Å². The van der Waals surface area contributed by atoms with Gasteiger partial charge in [0.25, 0.3) is 5.91 Å². The summed E-state index contributed by atoms with van der Waals surface area (Å²) in [6.45, 7) is 3.57. The number of aromatic nitrogens is 5. The highest BCUT2D eigenvalue weighted by atomic mass is 32.1. The Bertz CT molecular complexity index is 1500. The highest BCUT2D eigenvalue weighted by Crippen LogP contribution is 2.31. The molecule has 174 valence electrons. The number of aryl methyl sites for hydroxylation is 1. The summed E-state index contributed by atoms with van der Waals surface area (Å²) in [7, 11) is 0. The average Bonchev–Trinajstić information content (AvgIpc) is 3.54. The molecule has 0 aliphatic carbocycles. The Morgan fingerprint density at radius 3 is 2.63 bits per heavy atom. The summed E-state index contributed by atoms with van der Waals surface area (Å²) in [5.74, 6) is -0.574. The van der Waals surface area contributed by atoms with E-state index >= 15 is 0 Å². The highest BCUT2D eigenvalue weighted by Gasteiger charge is 2.19. The number of hydrogen-bond acceptors (Lipinski definition) is 8. The molecule has 0 radical (unpaired) electrons. The molecule has 0 spiro atoms. The Kier molecular flexibility index (Phi) is 6.02.